The van der Waals surface area contributed by atoms with Crippen molar-refractivity contribution in [2.75, 3.05) is 26.7 Å². The summed E-state index contributed by atoms with van der Waals surface area (Å²) >= 11 is 0. The van der Waals surface area contributed by atoms with Crippen LogP contribution in [-0.2, 0) is 15.1 Å². The van der Waals surface area contributed by atoms with Crippen molar-refractivity contribution >= 4 is 5.91 Å². The van der Waals surface area contributed by atoms with E-state index in [4.69, 9.17) is 15.2 Å². The molecule has 4 heterocycles. The molecule has 1 aromatic heterocycles. The van der Waals surface area contributed by atoms with E-state index in [0.29, 0.717) is 29.7 Å². The summed E-state index contributed by atoms with van der Waals surface area (Å²) in [5.41, 5.74) is 6.57. The minimum atomic E-state index is -0.477. The number of amides is 1. The molecule has 0 radical (unpaired) electrons. The molecule has 4 bridgehead atoms. The number of rotatable bonds is 5. The number of piperidine rings is 1. The van der Waals surface area contributed by atoms with Crippen molar-refractivity contribution in [1.29, 1.82) is 0 Å². The second kappa shape index (κ2) is 7.64. The largest absolute Gasteiger partial charge is 0.375 e. The van der Waals surface area contributed by atoms with Crippen LogP contribution in [0.25, 0.3) is 0 Å². The number of carbonyl (C=O) groups is 1. The first-order chi connectivity index (χ1) is 14.1. The minimum absolute atomic E-state index is 0.331. The fourth-order valence-electron chi connectivity index (χ4n) is 6.89. The molecule has 0 spiro atoms. The van der Waals surface area contributed by atoms with E-state index in [2.05, 4.69) is 9.88 Å². The molecule has 1 saturated carbocycles. The molecule has 1 aromatic rings. The van der Waals surface area contributed by atoms with E-state index < -0.39 is 5.91 Å². The normalized spacial score (nSPS) is 39.4. The lowest BCUT2D eigenvalue weighted by Crippen LogP contribution is -2.59. The van der Waals surface area contributed by atoms with Crippen LogP contribution in [0.2, 0.25) is 0 Å². The molecule has 3 aliphatic heterocycles. The van der Waals surface area contributed by atoms with E-state index in [-0.39, 0.29) is 5.60 Å². The predicted molar refractivity (Wildman–Crippen MR) is 109 cm³/mol. The number of pyridine rings is 1. The van der Waals surface area contributed by atoms with Gasteiger partial charge in [-0.1, -0.05) is 6.42 Å². The standard InChI is InChI=1S/C23H33N3O3/c1-28-23(16-7-8-25-21(11-16)22(24)27)17-3-2-4-18(23)14-26(13-17)12-15-9-19-5-6-20(10-15)29-19/h7-8,11,15,17-20H,2-6,9-10,12-14H2,1H3,(H2,24,27)/t15-,17?,18?,19+,20-,23?. The fraction of sp³-hybridized carbons (Fsp3) is 0.739. The number of hydrogen-bond acceptors (Lipinski definition) is 5. The van der Waals surface area contributed by atoms with Gasteiger partial charge in [0.15, 0.2) is 0 Å². The van der Waals surface area contributed by atoms with Crippen molar-refractivity contribution in [3.63, 3.8) is 0 Å². The van der Waals surface area contributed by atoms with Gasteiger partial charge in [-0.15, -0.1) is 0 Å². The summed E-state index contributed by atoms with van der Waals surface area (Å²) in [7, 11) is 1.83. The van der Waals surface area contributed by atoms with Crippen LogP contribution >= 0.6 is 0 Å². The third kappa shape index (κ3) is 3.39. The molecule has 158 valence electrons. The van der Waals surface area contributed by atoms with E-state index in [9.17, 15) is 4.79 Å². The van der Waals surface area contributed by atoms with Gasteiger partial charge in [0.1, 0.15) is 11.3 Å². The van der Waals surface area contributed by atoms with Gasteiger partial charge in [0.05, 0.1) is 12.2 Å². The predicted octanol–water partition coefficient (Wildman–Crippen LogP) is 2.71. The quantitative estimate of drug-likeness (QED) is 0.824. The van der Waals surface area contributed by atoms with Crippen LogP contribution in [0.15, 0.2) is 18.3 Å². The van der Waals surface area contributed by atoms with Crippen molar-refractivity contribution in [1.82, 2.24) is 9.88 Å². The molecule has 1 amide bonds. The molecule has 2 N–H and O–H groups in total. The second-order valence-electron chi connectivity index (χ2n) is 9.63. The summed E-state index contributed by atoms with van der Waals surface area (Å²) in [6, 6.07) is 3.88. The first-order valence-corrected chi connectivity index (χ1v) is 11.3. The highest BCUT2D eigenvalue weighted by atomic mass is 16.5. The lowest BCUT2D eigenvalue weighted by atomic mass is 9.62. The maximum Gasteiger partial charge on any atom is 0.267 e. The van der Waals surface area contributed by atoms with Crippen LogP contribution in [0.1, 0.15) is 61.0 Å². The van der Waals surface area contributed by atoms with Gasteiger partial charge >= 0.3 is 0 Å². The fourth-order valence-corrected chi connectivity index (χ4v) is 6.89. The van der Waals surface area contributed by atoms with Gasteiger partial charge in [0, 0.05) is 44.8 Å². The average Bonchev–Trinajstić information content (AvgIpc) is 3.05. The van der Waals surface area contributed by atoms with Crippen molar-refractivity contribution in [3.05, 3.63) is 29.6 Å². The summed E-state index contributed by atoms with van der Waals surface area (Å²) in [4.78, 5) is 18.6. The molecule has 4 aliphatic rings. The number of aromatic nitrogens is 1. The second-order valence-corrected chi connectivity index (χ2v) is 9.63. The maximum atomic E-state index is 11.7. The Hall–Kier alpha value is -1.50. The number of nitrogens with zero attached hydrogens (tertiary/aromatic N) is 2. The SMILES string of the molecule is COC1(c2ccnc(C(N)=O)c2)C2CCCC1CN(C[C@H]1C[C@H]3CC[C@@H](C1)O3)C2. The number of ether oxygens (including phenoxy) is 2. The Kier molecular flexibility index (Phi) is 5.13. The van der Waals surface area contributed by atoms with Gasteiger partial charge in [0.25, 0.3) is 5.91 Å². The molecule has 4 fully saturated rings. The Morgan fingerprint density at radius 3 is 2.55 bits per heavy atom. The zero-order valence-corrected chi connectivity index (χ0v) is 17.4. The average molecular weight is 400 g/mol. The molecule has 5 atom stereocenters. The van der Waals surface area contributed by atoms with Crippen molar-refractivity contribution in [2.24, 2.45) is 23.5 Å². The first kappa shape index (κ1) is 19.5. The van der Waals surface area contributed by atoms with E-state index in [1.165, 1.54) is 38.6 Å². The monoisotopic (exact) mass is 399 g/mol. The Balaban J connectivity index is 1.37. The Bertz CT molecular complexity index is 743. The van der Waals surface area contributed by atoms with Crippen LogP contribution in [0.4, 0.5) is 0 Å². The lowest BCUT2D eigenvalue weighted by molar-refractivity contribution is -0.171. The first-order valence-electron chi connectivity index (χ1n) is 11.3. The maximum absolute atomic E-state index is 11.7. The highest BCUT2D eigenvalue weighted by Crippen LogP contribution is 2.51. The van der Waals surface area contributed by atoms with Crippen LogP contribution in [0, 0.1) is 17.8 Å². The van der Waals surface area contributed by atoms with Crippen LogP contribution in [0.5, 0.6) is 0 Å². The topological polar surface area (TPSA) is 77.7 Å². The highest BCUT2D eigenvalue weighted by molar-refractivity contribution is 5.90. The number of carbonyl (C=O) groups excluding carboxylic acids is 1. The van der Waals surface area contributed by atoms with Crippen LogP contribution in [0.3, 0.4) is 0 Å². The molecular formula is C23H33N3O3. The molecule has 2 unspecified atom stereocenters. The van der Waals surface area contributed by atoms with Gasteiger partial charge in [-0.3, -0.25) is 9.78 Å². The minimum Gasteiger partial charge on any atom is -0.375 e. The molecule has 5 rings (SSSR count). The Labute approximate surface area is 173 Å². The smallest absolute Gasteiger partial charge is 0.267 e. The number of hydrogen-bond donors (Lipinski definition) is 1. The number of nitrogens with two attached hydrogens (primary N) is 1. The molecule has 6 heteroatoms. The van der Waals surface area contributed by atoms with Gasteiger partial charge in [-0.05, 0) is 62.1 Å². The summed E-state index contributed by atoms with van der Waals surface area (Å²) in [5, 5.41) is 0. The summed E-state index contributed by atoms with van der Waals surface area (Å²) in [5.74, 6) is 1.15. The zero-order chi connectivity index (χ0) is 20.0. The van der Waals surface area contributed by atoms with E-state index in [1.54, 1.807) is 6.20 Å². The van der Waals surface area contributed by atoms with E-state index in [1.807, 2.05) is 19.2 Å². The van der Waals surface area contributed by atoms with Crippen molar-refractivity contribution in [3.8, 4) is 0 Å². The number of likely N-dealkylation sites (tertiary alicyclic amines) is 1. The van der Waals surface area contributed by atoms with Crippen LogP contribution in [-0.4, -0.2) is 54.7 Å². The molecule has 6 nitrogen and oxygen atoms in total. The molecule has 29 heavy (non-hydrogen) atoms. The summed E-state index contributed by atoms with van der Waals surface area (Å²) < 4.78 is 12.4. The lowest BCUT2D eigenvalue weighted by Gasteiger charge is -2.56. The van der Waals surface area contributed by atoms with Crippen molar-refractivity contribution < 1.29 is 14.3 Å². The molecule has 0 aromatic carbocycles. The third-order valence-corrected chi connectivity index (χ3v) is 7.98. The van der Waals surface area contributed by atoms with Gasteiger partial charge in [-0.2, -0.15) is 0 Å². The Morgan fingerprint density at radius 2 is 1.93 bits per heavy atom. The van der Waals surface area contributed by atoms with Crippen molar-refractivity contribution in [2.45, 2.75) is 62.8 Å². The van der Waals surface area contributed by atoms with Gasteiger partial charge in [-0.25, -0.2) is 0 Å². The molecule has 1 aliphatic carbocycles. The summed E-state index contributed by atoms with van der Waals surface area (Å²) in [6.45, 7) is 3.31. The van der Waals surface area contributed by atoms with E-state index in [0.717, 1.165) is 37.4 Å². The molecule has 3 saturated heterocycles. The van der Waals surface area contributed by atoms with Gasteiger partial charge in [0.2, 0.25) is 0 Å². The number of methoxy groups -OCH3 is 1. The zero-order valence-electron chi connectivity index (χ0n) is 17.4. The number of primary amides is 1. The third-order valence-electron chi connectivity index (χ3n) is 7.98. The van der Waals surface area contributed by atoms with Gasteiger partial charge < -0.3 is 20.1 Å². The summed E-state index contributed by atoms with van der Waals surface area (Å²) in [6.07, 6.45) is 11.2. The highest BCUT2D eigenvalue weighted by Gasteiger charge is 2.53. The Morgan fingerprint density at radius 1 is 1.24 bits per heavy atom. The molecular weight excluding hydrogens is 366 g/mol. The van der Waals surface area contributed by atoms with E-state index >= 15 is 0 Å². The number of fused-ring (bicyclic) bond motifs is 4. The van der Waals surface area contributed by atoms with Crippen LogP contribution < -0.4 is 5.73 Å².